The van der Waals surface area contributed by atoms with E-state index in [4.69, 9.17) is 13.5 Å². The molecular weight excluding hydrogens is 1030 g/mol. The van der Waals surface area contributed by atoms with Crippen LogP contribution in [0.3, 0.4) is 0 Å². The Bertz CT molecular complexity index is 2430. The van der Waals surface area contributed by atoms with Crippen molar-refractivity contribution in [2.45, 2.75) is 178 Å². The summed E-state index contributed by atoms with van der Waals surface area (Å²) in [4.78, 5) is 21.8. The van der Waals surface area contributed by atoms with E-state index in [-0.39, 0.29) is 35.4 Å². The summed E-state index contributed by atoms with van der Waals surface area (Å²) in [7, 11) is -6.09. The zero-order valence-corrected chi connectivity index (χ0v) is 48.0. The normalized spacial score (nSPS) is 11.9. The number of hydrogen-bond donors (Lipinski definition) is 1. The number of allylic oxidation sites excluding steroid dienone is 4. The van der Waals surface area contributed by atoms with E-state index in [0.29, 0.717) is 25.3 Å². The lowest BCUT2D eigenvalue weighted by molar-refractivity contribution is -0.140. The Kier molecular flexibility index (Phi) is 34.6. The van der Waals surface area contributed by atoms with Gasteiger partial charge in [-0.2, -0.15) is 40.4 Å². The number of esters is 1. The minimum atomic E-state index is -3.76. The zero-order valence-electron chi connectivity index (χ0n) is 44.7. The maximum atomic E-state index is 12.2. The number of methoxy groups -OCH3 is 1. The van der Waals surface area contributed by atoms with Crippen LogP contribution in [0, 0.1) is 13.8 Å². The molecule has 4 rings (SSSR count). The van der Waals surface area contributed by atoms with Crippen LogP contribution in [0.15, 0.2) is 95.0 Å². The number of aryl methyl sites for hydroxylation is 4. The second-order valence-corrected chi connectivity index (χ2v) is 24.0. The molecule has 0 amide bonds. The number of unbranched alkanes of at least 4 members (excludes halogenated alkanes) is 14. The molecule has 0 aliphatic carbocycles. The summed E-state index contributed by atoms with van der Waals surface area (Å²) in [6.45, 7) is 4.51. The molecule has 0 spiro atoms. The summed E-state index contributed by atoms with van der Waals surface area (Å²) in [5.41, 5.74) is 3.84. The molecule has 0 atom stereocenters. The Balaban J connectivity index is 0.000000395. The summed E-state index contributed by atoms with van der Waals surface area (Å²) in [5, 5.41) is 25.1. The molecule has 0 unspecified atom stereocenters. The maximum absolute atomic E-state index is 12.2. The summed E-state index contributed by atoms with van der Waals surface area (Å²) >= 11 is 3.55. The van der Waals surface area contributed by atoms with Crippen LogP contribution >= 0.6 is 23.5 Å². The summed E-state index contributed by atoms with van der Waals surface area (Å²) in [6, 6.07) is 13.2. The Hall–Kier alpha value is -4.34. The predicted octanol–water partition coefficient (Wildman–Crippen LogP) is 11.7. The molecule has 0 bridgehead atoms. The second-order valence-electron chi connectivity index (χ2n) is 18.4. The molecule has 0 aliphatic rings. The van der Waals surface area contributed by atoms with Gasteiger partial charge in [0.15, 0.2) is 0 Å². The maximum Gasteiger partial charge on any atom is 0.306 e. The highest BCUT2D eigenvalue weighted by Gasteiger charge is 2.16. The number of ether oxygens (including phenoxy) is 1. The van der Waals surface area contributed by atoms with E-state index in [1.807, 2.05) is 38.0 Å². The molecule has 20 heteroatoms. The molecule has 2 aromatic heterocycles. The van der Waals surface area contributed by atoms with E-state index in [1.165, 1.54) is 71.3 Å². The molecule has 0 saturated heterocycles. The van der Waals surface area contributed by atoms with Crippen molar-refractivity contribution in [3.63, 3.8) is 0 Å². The molecule has 0 fully saturated rings. The number of rotatable bonds is 42. The van der Waals surface area contributed by atoms with Crippen LogP contribution < -0.4 is 0 Å². The first-order valence-electron chi connectivity index (χ1n) is 26.7. The Morgan fingerprint density at radius 3 is 1.31 bits per heavy atom. The van der Waals surface area contributed by atoms with E-state index in [9.17, 15) is 26.4 Å². The van der Waals surface area contributed by atoms with Crippen LogP contribution in [0.25, 0.3) is 0 Å². The molecule has 0 radical (unpaired) electrons. The van der Waals surface area contributed by atoms with Gasteiger partial charge in [-0.25, -0.2) is 9.36 Å². The molecule has 16 nitrogen and oxygen atoms in total. The number of carboxylic acid groups (broad SMARTS) is 1. The van der Waals surface area contributed by atoms with E-state index in [1.54, 1.807) is 69.7 Å². The van der Waals surface area contributed by atoms with Gasteiger partial charge < -0.3 is 9.84 Å². The van der Waals surface area contributed by atoms with Crippen molar-refractivity contribution >= 4 is 55.7 Å². The number of hydrogen-bond acceptors (Lipinski definition) is 15. The zero-order chi connectivity index (χ0) is 54.3. The Morgan fingerprint density at radius 1 is 0.533 bits per heavy atom. The molecule has 2 heterocycles. The number of nitrogens with zero attached hydrogens (tertiary/aromatic N) is 6. The number of aliphatic carboxylic acids is 1. The molecule has 418 valence electrons. The molecule has 1 N–H and O–H groups in total. The van der Waals surface area contributed by atoms with Gasteiger partial charge >= 0.3 is 11.9 Å². The molecule has 2 aromatic carbocycles. The van der Waals surface area contributed by atoms with Gasteiger partial charge in [-0.1, -0.05) is 109 Å². The summed E-state index contributed by atoms with van der Waals surface area (Å²) < 4.78 is 67.1. The van der Waals surface area contributed by atoms with Gasteiger partial charge in [-0.05, 0) is 140 Å². The first-order valence-corrected chi connectivity index (χ1v) is 31.8. The van der Waals surface area contributed by atoms with Gasteiger partial charge in [0.2, 0.25) is 0 Å². The third-order valence-electron chi connectivity index (χ3n) is 11.8. The third-order valence-corrected chi connectivity index (χ3v) is 16.6. The van der Waals surface area contributed by atoms with E-state index < -0.39 is 26.2 Å². The molecule has 0 saturated carbocycles. The number of benzene rings is 2. The first-order chi connectivity index (χ1) is 36.3. The fourth-order valence-corrected chi connectivity index (χ4v) is 11.0. The van der Waals surface area contributed by atoms with Crippen LogP contribution in [0.1, 0.15) is 151 Å². The van der Waals surface area contributed by atoms with Gasteiger partial charge in [-0.15, -0.1) is 10.2 Å². The van der Waals surface area contributed by atoms with Crippen molar-refractivity contribution in [2.75, 3.05) is 43.3 Å². The largest absolute Gasteiger partial charge is 0.481 e. The second kappa shape index (κ2) is 40.0. The lowest BCUT2D eigenvalue weighted by atomic mass is 10.1. The summed E-state index contributed by atoms with van der Waals surface area (Å²) in [5.74, 6) is 2.87. The van der Waals surface area contributed by atoms with E-state index in [2.05, 4.69) is 49.7 Å². The Morgan fingerprint density at radius 2 is 0.907 bits per heavy atom. The monoisotopic (exact) mass is 1120 g/mol. The SMILES string of the molecule is COC(=O)CCSCCCC/C=C\CCCCCCCc1cn(CCOS(=O)(=O)c2ccc(C)cc2)nn1.Cc1ccc(S(=O)(=O)OCCn2cc(CCCCCCC/C=C\CCCCSCCC(=O)O)nn2)cc1. The standard InChI is InChI=1S/C28H43N3O5S2.C27H41N3O5S2/c1-25-15-17-27(18-16-25)38(33,34)36-21-20-31-24-26(29-30-31)14-12-10-8-6-4-3-5-7-9-11-13-22-37-23-19-28(32)35-2;1-24-14-16-26(17-15-24)37(33,34)35-20-19-30-23-25(28-29-30)13-11-9-7-5-3-2-4-6-8-10-12-21-36-22-18-27(31)32/h5,7,15-18,24H,3-4,6,8-14,19-23H2,1-2H3;4,6,14-17,23H,2-3,5,7-13,18-22H2,1H3,(H,31,32)/b7-5-;6-4-. The molecule has 75 heavy (non-hydrogen) atoms. The van der Waals surface area contributed by atoms with E-state index in [0.717, 1.165) is 104 Å². The average molecular weight is 1120 g/mol. The topological polar surface area (TPSA) is 212 Å². The van der Waals surface area contributed by atoms with Crippen molar-refractivity contribution < 1.29 is 44.6 Å². The fraction of sp³-hybridized carbons (Fsp3) is 0.600. The quantitative estimate of drug-likeness (QED) is 0.0189. The van der Waals surface area contributed by atoms with Gasteiger partial charge in [-0.3, -0.25) is 18.0 Å². The molecule has 0 aliphatic heterocycles. The van der Waals surface area contributed by atoms with Gasteiger partial charge in [0.25, 0.3) is 20.2 Å². The van der Waals surface area contributed by atoms with Crippen molar-refractivity contribution in [1.29, 1.82) is 0 Å². The number of aromatic nitrogens is 6. The molecular formula is C55H84N6O10S4. The average Bonchev–Trinajstić information content (AvgIpc) is 4.05. The highest BCUT2D eigenvalue weighted by atomic mass is 32.2. The first kappa shape index (κ1) is 64.9. The van der Waals surface area contributed by atoms with Crippen LogP contribution in [0.5, 0.6) is 0 Å². The van der Waals surface area contributed by atoms with Crippen molar-refractivity contribution in [3.8, 4) is 0 Å². The van der Waals surface area contributed by atoms with Gasteiger partial charge in [0.05, 0.1) is 67.4 Å². The lowest BCUT2D eigenvalue weighted by Gasteiger charge is -2.05. The minimum Gasteiger partial charge on any atom is -0.481 e. The van der Waals surface area contributed by atoms with Crippen molar-refractivity contribution in [1.82, 2.24) is 30.0 Å². The number of carboxylic acids is 1. The van der Waals surface area contributed by atoms with Crippen LogP contribution in [-0.2, 0) is 68.9 Å². The fourth-order valence-electron chi connectivity index (χ4n) is 7.37. The highest BCUT2D eigenvalue weighted by Crippen LogP contribution is 2.17. The number of carbonyl (C=O) groups excluding carboxylic acids is 1. The van der Waals surface area contributed by atoms with Gasteiger partial charge in [0.1, 0.15) is 0 Å². The van der Waals surface area contributed by atoms with Crippen molar-refractivity contribution in [2.24, 2.45) is 0 Å². The molecule has 4 aromatic rings. The van der Waals surface area contributed by atoms with Crippen LogP contribution in [0.2, 0.25) is 0 Å². The Labute approximate surface area is 456 Å². The van der Waals surface area contributed by atoms with Crippen molar-refractivity contribution in [3.05, 3.63) is 108 Å². The minimum absolute atomic E-state index is 0.0150. The third kappa shape index (κ3) is 32.1. The number of carbonyl (C=O) groups is 2. The lowest BCUT2D eigenvalue weighted by Crippen LogP contribution is -2.12. The smallest absolute Gasteiger partial charge is 0.306 e. The van der Waals surface area contributed by atoms with Gasteiger partial charge in [0, 0.05) is 23.9 Å². The summed E-state index contributed by atoms with van der Waals surface area (Å²) in [6.07, 6.45) is 36.4. The van der Waals surface area contributed by atoms with Crippen LogP contribution in [-0.4, -0.2) is 107 Å². The predicted molar refractivity (Wildman–Crippen MR) is 301 cm³/mol. The number of thioether (sulfide) groups is 2. The van der Waals surface area contributed by atoms with Crippen LogP contribution in [0.4, 0.5) is 0 Å². The highest BCUT2D eigenvalue weighted by molar-refractivity contribution is 7.99. The van der Waals surface area contributed by atoms with E-state index >= 15 is 0 Å².